The van der Waals surface area contributed by atoms with Crippen molar-refractivity contribution in [2.24, 2.45) is 5.92 Å². The number of ketones is 1. The van der Waals surface area contributed by atoms with Crippen molar-refractivity contribution in [3.63, 3.8) is 0 Å². The summed E-state index contributed by atoms with van der Waals surface area (Å²) in [5, 5.41) is 2.96. The molecule has 1 aliphatic rings. The van der Waals surface area contributed by atoms with Gasteiger partial charge >= 0.3 is 0 Å². The second-order valence-corrected chi connectivity index (χ2v) is 7.91. The highest BCUT2D eigenvalue weighted by Crippen LogP contribution is 2.22. The number of benzene rings is 2. The first kappa shape index (κ1) is 22.9. The number of nitrogens with one attached hydrogen (secondary N) is 1. The van der Waals surface area contributed by atoms with E-state index in [1.54, 1.807) is 24.3 Å². The minimum Gasteiger partial charge on any atom is -0.494 e. The third kappa shape index (κ3) is 6.89. The van der Waals surface area contributed by atoms with Gasteiger partial charge in [-0.05, 0) is 101 Å². The lowest BCUT2D eigenvalue weighted by Crippen LogP contribution is -2.37. The van der Waals surface area contributed by atoms with Gasteiger partial charge in [-0.15, -0.1) is 0 Å². The van der Waals surface area contributed by atoms with E-state index in [4.69, 9.17) is 4.74 Å². The van der Waals surface area contributed by atoms with Gasteiger partial charge in [0.1, 0.15) is 11.6 Å². The quantitative estimate of drug-likeness (QED) is 0.454. The standard InChI is InChI=1S/C25H31FN2O3/c1-2-31-23-11-7-21(8-12-23)25(30)27-15-3-4-16-28-17-13-20(14-18-28)24(29)19-5-9-22(26)10-6-19/h5-12,20H,2-4,13-18H2,1H3,(H,27,30). The summed E-state index contributed by atoms with van der Waals surface area (Å²) >= 11 is 0. The molecule has 0 bridgehead atoms. The molecule has 1 N–H and O–H groups in total. The van der Waals surface area contributed by atoms with E-state index in [0.717, 1.165) is 51.1 Å². The minimum absolute atomic E-state index is 0.0233. The van der Waals surface area contributed by atoms with E-state index >= 15 is 0 Å². The number of carbonyl (C=O) groups is 2. The third-order valence-electron chi connectivity index (χ3n) is 5.70. The van der Waals surface area contributed by atoms with E-state index in [1.165, 1.54) is 12.1 Å². The second-order valence-electron chi connectivity index (χ2n) is 7.91. The van der Waals surface area contributed by atoms with Crippen molar-refractivity contribution in [3.05, 3.63) is 65.5 Å². The molecule has 1 amide bonds. The van der Waals surface area contributed by atoms with Gasteiger partial charge in [-0.25, -0.2) is 4.39 Å². The summed E-state index contributed by atoms with van der Waals surface area (Å²) in [4.78, 5) is 27.1. The van der Waals surface area contributed by atoms with Gasteiger partial charge in [-0.3, -0.25) is 9.59 Å². The molecule has 0 saturated carbocycles. The third-order valence-corrected chi connectivity index (χ3v) is 5.70. The largest absolute Gasteiger partial charge is 0.494 e. The van der Waals surface area contributed by atoms with Crippen molar-refractivity contribution in [2.45, 2.75) is 32.6 Å². The van der Waals surface area contributed by atoms with Crippen molar-refractivity contribution in [2.75, 3.05) is 32.8 Å². The van der Waals surface area contributed by atoms with Crippen LogP contribution in [0.4, 0.5) is 4.39 Å². The SMILES string of the molecule is CCOc1ccc(C(=O)NCCCCN2CCC(C(=O)c3ccc(F)cc3)CC2)cc1. The van der Waals surface area contributed by atoms with Gasteiger partial charge in [0.25, 0.3) is 5.91 Å². The average Bonchev–Trinajstić information content (AvgIpc) is 2.80. The van der Waals surface area contributed by atoms with Gasteiger partial charge in [0.15, 0.2) is 5.78 Å². The Morgan fingerprint density at radius 3 is 2.29 bits per heavy atom. The van der Waals surface area contributed by atoms with Crippen LogP contribution in [0.1, 0.15) is 53.3 Å². The number of halogens is 1. The fourth-order valence-electron chi connectivity index (χ4n) is 3.90. The summed E-state index contributed by atoms with van der Waals surface area (Å²) < 4.78 is 18.4. The van der Waals surface area contributed by atoms with Crippen molar-refractivity contribution < 1.29 is 18.7 Å². The zero-order valence-corrected chi connectivity index (χ0v) is 18.1. The maximum Gasteiger partial charge on any atom is 0.251 e. The highest BCUT2D eigenvalue weighted by Gasteiger charge is 2.25. The lowest BCUT2D eigenvalue weighted by Gasteiger charge is -2.31. The van der Waals surface area contributed by atoms with Gasteiger partial charge in [-0.2, -0.15) is 0 Å². The van der Waals surface area contributed by atoms with Crippen LogP contribution in [0.2, 0.25) is 0 Å². The van der Waals surface area contributed by atoms with Crippen LogP contribution in [-0.2, 0) is 0 Å². The first-order valence-corrected chi connectivity index (χ1v) is 11.1. The van der Waals surface area contributed by atoms with Crippen molar-refractivity contribution >= 4 is 11.7 Å². The van der Waals surface area contributed by atoms with E-state index in [1.807, 2.05) is 19.1 Å². The van der Waals surface area contributed by atoms with Crippen molar-refractivity contribution in [1.29, 1.82) is 0 Å². The van der Waals surface area contributed by atoms with E-state index in [0.29, 0.717) is 24.3 Å². The first-order valence-electron chi connectivity index (χ1n) is 11.1. The van der Waals surface area contributed by atoms with Crippen LogP contribution in [0.15, 0.2) is 48.5 Å². The first-order chi connectivity index (χ1) is 15.1. The Morgan fingerprint density at radius 2 is 1.65 bits per heavy atom. The molecule has 5 nitrogen and oxygen atoms in total. The number of ether oxygens (including phenoxy) is 1. The normalized spacial score (nSPS) is 14.9. The zero-order chi connectivity index (χ0) is 22.1. The molecular formula is C25H31FN2O3. The lowest BCUT2D eigenvalue weighted by atomic mass is 9.89. The summed E-state index contributed by atoms with van der Waals surface area (Å²) in [6.45, 7) is 5.94. The topological polar surface area (TPSA) is 58.6 Å². The van der Waals surface area contributed by atoms with Gasteiger partial charge < -0.3 is 15.0 Å². The molecule has 1 saturated heterocycles. The predicted molar refractivity (Wildman–Crippen MR) is 119 cm³/mol. The molecule has 3 rings (SSSR count). The van der Waals surface area contributed by atoms with E-state index in [2.05, 4.69) is 10.2 Å². The molecule has 1 fully saturated rings. The Hall–Kier alpha value is -2.73. The molecule has 0 radical (unpaired) electrons. The van der Waals surface area contributed by atoms with Gasteiger partial charge in [0, 0.05) is 23.6 Å². The second kappa shape index (κ2) is 11.6. The Labute approximate surface area is 183 Å². The number of amides is 1. The van der Waals surface area contributed by atoms with Crippen LogP contribution < -0.4 is 10.1 Å². The van der Waals surface area contributed by atoms with Crippen molar-refractivity contribution in [3.8, 4) is 5.75 Å². The monoisotopic (exact) mass is 426 g/mol. The van der Waals surface area contributed by atoms with E-state index < -0.39 is 0 Å². The highest BCUT2D eigenvalue weighted by molar-refractivity contribution is 5.97. The fourth-order valence-corrected chi connectivity index (χ4v) is 3.90. The molecule has 0 spiro atoms. The van der Waals surface area contributed by atoms with Crippen LogP contribution in [-0.4, -0.2) is 49.4 Å². The number of likely N-dealkylation sites (tertiary alicyclic amines) is 1. The molecule has 0 aromatic heterocycles. The maximum atomic E-state index is 13.0. The number of rotatable bonds is 10. The van der Waals surface area contributed by atoms with Crippen LogP contribution in [0.25, 0.3) is 0 Å². The highest BCUT2D eigenvalue weighted by atomic mass is 19.1. The molecule has 0 aliphatic carbocycles. The number of Topliss-reactive ketones (excluding diaryl/α,β-unsaturated/α-hetero) is 1. The number of nitrogens with zero attached hydrogens (tertiary/aromatic N) is 1. The molecule has 2 aromatic rings. The Balaban J connectivity index is 1.30. The van der Waals surface area contributed by atoms with Crippen LogP contribution in [0.3, 0.4) is 0 Å². The number of piperidine rings is 1. The Morgan fingerprint density at radius 1 is 1.00 bits per heavy atom. The smallest absolute Gasteiger partial charge is 0.251 e. The molecule has 2 aromatic carbocycles. The van der Waals surface area contributed by atoms with Gasteiger partial charge in [0.2, 0.25) is 0 Å². The summed E-state index contributed by atoms with van der Waals surface area (Å²) in [7, 11) is 0. The molecule has 6 heteroatoms. The lowest BCUT2D eigenvalue weighted by molar-refractivity contribution is 0.0839. The maximum absolute atomic E-state index is 13.0. The van der Waals surface area contributed by atoms with Crippen LogP contribution in [0, 0.1) is 11.7 Å². The fraction of sp³-hybridized carbons (Fsp3) is 0.440. The van der Waals surface area contributed by atoms with Gasteiger partial charge in [-0.1, -0.05) is 0 Å². The molecular weight excluding hydrogens is 395 g/mol. The summed E-state index contributed by atoms with van der Waals surface area (Å²) in [6, 6.07) is 13.0. The average molecular weight is 427 g/mol. The van der Waals surface area contributed by atoms with Crippen LogP contribution in [0.5, 0.6) is 5.75 Å². The minimum atomic E-state index is -0.318. The Bertz CT molecular complexity index is 844. The number of unbranched alkanes of at least 4 members (excludes halogenated alkanes) is 1. The summed E-state index contributed by atoms with van der Waals surface area (Å²) in [6.07, 6.45) is 3.59. The number of hydrogen-bond acceptors (Lipinski definition) is 4. The van der Waals surface area contributed by atoms with E-state index in [-0.39, 0.29) is 23.4 Å². The molecule has 0 atom stereocenters. The number of hydrogen-bond donors (Lipinski definition) is 1. The van der Waals surface area contributed by atoms with Crippen LogP contribution >= 0.6 is 0 Å². The molecule has 166 valence electrons. The van der Waals surface area contributed by atoms with Crippen molar-refractivity contribution in [1.82, 2.24) is 10.2 Å². The Kier molecular flexibility index (Phi) is 8.59. The summed E-state index contributed by atoms with van der Waals surface area (Å²) in [5.41, 5.74) is 1.24. The zero-order valence-electron chi connectivity index (χ0n) is 18.1. The summed E-state index contributed by atoms with van der Waals surface area (Å²) in [5.74, 6) is 0.527. The molecule has 1 heterocycles. The molecule has 1 aliphatic heterocycles. The van der Waals surface area contributed by atoms with Gasteiger partial charge in [0.05, 0.1) is 6.61 Å². The van der Waals surface area contributed by atoms with E-state index in [9.17, 15) is 14.0 Å². The number of carbonyl (C=O) groups excluding carboxylic acids is 2. The molecule has 0 unspecified atom stereocenters. The molecule has 31 heavy (non-hydrogen) atoms. The predicted octanol–water partition coefficient (Wildman–Crippen LogP) is 4.33.